The van der Waals surface area contributed by atoms with E-state index in [2.05, 4.69) is 40.4 Å². The second-order valence-corrected chi connectivity index (χ2v) is 8.92. The molecule has 5 heterocycles. The number of amides is 1. The molecule has 0 bridgehead atoms. The fourth-order valence-electron chi connectivity index (χ4n) is 3.56. The van der Waals surface area contributed by atoms with Crippen LogP contribution in [0.1, 0.15) is 27.2 Å². The van der Waals surface area contributed by atoms with Crippen LogP contribution in [0, 0.1) is 5.41 Å². The van der Waals surface area contributed by atoms with Gasteiger partial charge in [-0.2, -0.15) is 5.10 Å². The molecule has 5 aromatic rings. The number of carbonyl (C=O) groups is 1. The lowest BCUT2D eigenvalue weighted by atomic mass is 9.92. The average molecular weight is 426 g/mol. The zero-order valence-electron chi connectivity index (χ0n) is 18.0. The van der Waals surface area contributed by atoms with Crippen LogP contribution < -0.4 is 5.32 Å². The van der Waals surface area contributed by atoms with Crippen LogP contribution in [0.3, 0.4) is 0 Å². The number of anilines is 1. The maximum atomic E-state index is 12.3. The highest BCUT2D eigenvalue weighted by molar-refractivity contribution is 5.94. The molecule has 0 aliphatic rings. The lowest BCUT2D eigenvalue weighted by Gasteiger charge is -2.17. The van der Waals surface area contributed by atoms with Gasteiger partial charge in [0.15, 0.2) is 11.5 Å². The van der Waals surface area contributed by atoms with Crippen LogP contribution in [0.2, 0.25) is 0 Å². The molecule has 0 aliphatic carbocycles. The van der Waals surface area contributed by atoms with E-state index in [1.54, 1.807) is 31.0 Å². The first kappa shape index (κ1) is 19.8. The number of nitrogens with zero attached hydrogens (tertiary/aromatic N) is 5. The van der Waals surface area contributed by atoms with Crippen LogP contribution >= 0.6 is 0 Å². The molecule has 9 heteroatoms. The number of hydrogen-bond donors (Lipinski definition) is 3. The number of fused-ring (bicyclic) bond motifs is 2. The van der Waals surface area contributed by atoms with Crippen molar-refractivity contribution in [2.45, 2.75) is 27.2 Å². The largest absolute Gasteiger partial charge is 0.335 e. The molecule has 0 saturated heterocycles. The van der Waals surface area contributed by atoms with Gasteiger partial charge in [0.2, 0.25) is 5.91 Å². The van der Waals surface area contributed by atoms with E-state index in [0.717, 1.165) is 27.5 Å². The first-order valence-electron chi connectivity index (χ1n) is 10.3. The van der Waals surface area contributed by atoms with Gasteiger partial charge < -0.3 is 10.3 Å². The quantitative estimate of drug-likeness (QED) is 0.393. The van der Waals surface area contributed by atoms with Crippen LogP contribution in [-0.2, 0) is 4.79 Å². The van der Waals surface area contributed by atoms with Gasteiger partial charge in [0, 0.05) is 36.1 Å². The summed E-state index contributed by atoms with van der Waals surface area (Å²) in [6.45, 7) is 6.09. The Labute approximate surface area is 183 Å². The van der Waals surface area contributed by atoms with E-state index in [4.69, 9.17) is 0 Å². The van der Waals surface area contributed by atoms with E-state index < -0.39 is 0 Å². The van der Waals surface area contributed by atoms with Gasteiger partial charge >= 0.3 is 0 Å². The minimum Gasteiger partial charge on any atom is -0.335 e. The Morgan fingerprint density at radius 3 is 2.72 bits per heavy atom. The summed E-state index contributed by atoms with van der Waals surface area (Å²) in [7, 11) is 0. The Morgan fingerprint density at radius 1 is 1.06 bits per heavy atom. The molecular formula is C23H22N8O. The molecule has 32 heavy (non-hydrogen) atoms. The molecule has 0 aliphatic heterocycles. The van der Waals surface area contributed by atoms with Gasteiger partial charge in [-0.25, -0.2) is 9.97 Å². The molecule has 1 amide bonds. The Balaban J connectivity index is 1.49. The van der Waals surface area contributed by atoms with E-state index >= 15 is 0 Å². The summed E-state index contributed by atoms with van der Waals surface area (Å²) in [5, 5.41) is 11.1. The maximum absolute atomic E-state index is 12.3. The molecule has 0 spiro atoms. The maximum Gasteiger partial charge on any atom is 0.224 e. The number of aromatic nitrogens is 7. The Bertz CT molecular complexity index is 1410. The van der Waals surface area contributed by atoms with Gasteiger partial charge in [-0.05, 0) is 23.6 Å². The average Bonchev–Trinajstić information content (AvgIpc) is 3.35. The van der Waals surface area contributed by atoms with Crippen molar-refractivity contribution in [3.63, 3.8) is 0 Å². The second-order valence-electron chi connectivity index (χ2n) is 8.92. The lowest BCUT2D eigenvalue weighted by molar-refractivity contribution is -0.117. The molecule has 0 saturated carbocycles. The second kappa shape index (κ2) is 7.52. The molecule has 0 radical (unpaired) electrons. The van der Waals surface area contributed by atoms with Gasteiger partial charge in [0.05, 0.1) is 34.5 Å². The first-order valence-corrected chi connectivity index (χ1v) is 10.3. The first-order chi connectivity index (χ1) is 15.4. The van der Waals surface area contributed by atoms with Gasteiger partial charge in [-0.15, -0.1) is 0 Å². The number of aromatic amines is 2. The highest BCUT2D eigenvalue weighted by atomic mass is 16.1. The molecule has 9 nitrogen and oxygen atoms in total. The molecule has 0 unspecified atom stereocenters. The van der Waals surface area contributed by atoms with Crippen LogP contribution in [-0.4, -0.2) is 41.0 Å². The Hall–Kier alpha value is -4.14. The summed E-state index contributed by atoms with van der Waals surface area (Å²) < 4.78 is 0. The molecule has 5 rings (SSSR count). The van der Waals surface area contributed by atoms with Crippen LogP contribution in [0.15, 0.2) is 49.2 Å². The SMILES string of the molecule is CC(C)(C)CC(=O)Nc1cncc(-c2cnc3[nH]nc(-c4nc5ccncc5[nH]4)c3c2)c1. The van der Waals surface area contributed by atoms with Crippen molar-refractivity contribution in [1.29, 1.82) is 0 Å². The summed E-state index contributed by atoms with van der Waals surface area (Å²) >= 11 is 0. The van der Waals surface area contributed by atoms with Crippen molar-refractivity contribution in [2.24, 2.45) is 5.41 Å². The number of hydrogen-bond acceptors (Lipinski definition) is 6. The predicted molar refractivity (Wildman–Crippen MR) is 123 cm³/mol. The van der Waals surface area contributed by atoms with Crippen molar-refractivity contribution in [1.82, 2.24) is 35.1 Å². The lowest BCUT2D eigenvalue weighted by Crippen LogP contribution is -2.19. The van der Waals surface area contributed by atoms with Crippen LogP contribution in [0.25, 0.3) is 44.7 Å². The van der Waals surface area contributed by atoms with Gasteiger partial charge in [-0.3, -0.25) is 19.9 Å². The normalized spacial score (nSPS) is 11.8. The molecule has 0 atom stereocenters. The third-order valence-electron chi connectivity index (χ3n) is 4.97. The highest BCUT2D eigenvalue weighted by Gasteiger charge is 2.17. The molecule has 3 N–H and O–H groups in total. The van der Waals surface area contributed by atoms with Gasteiger partial charge in [0.25, 0.3) is 0 Å². The number of nitrogens with one attached hydrogen (secondary N) is 3. The van der Waals surface area contributed by atoms with Crippen molar-refractivity contribution in [3.8, 4) is 22.6 Å². The van der Waals surface area contributed by atoms with Crippen molar-refractivity contribution in [3.05, 3.63) is 49.2 Å². The van der Waals surface area contributed by atoms with E-state index in [9.17, 15) is 4.79 Å². The Morgan fingerprint density at radius 2 is 1.91 bits per heavy atom. The monoisotopic (exact) mass is 426 g/mol. The van der Waals surface area contributed by atoms with Crippen LogP contribution in [0.5, 0.6) is 0 Å². The number of pyridine rings is 3. The third kappa shape index (κ3) is 3.92. The van der Waals surface area contributed by atoms with Crippen molar-refractivity contribution < 1.29 is 4.79 Å². The summed E-state index contributed by atoms with van der Waals surface area (Å²) in [5.41, 5.74) is 5.25. The fraction of sp³-hybridized carbons (Fsp3) is 0.217. The van der Waals surface area contributed by atoms with Gasteiger partial charge in [-0.1, -0.05) is 20.8 Å². The number of H-pyrrole nitrogens is 2. The van der Waals surface area contributed by atoms with E-state index in [-0.39, 0.29) is 11.3 Å². The molecule has 0 fully saturated rings. The summed E-state index contributed by atoms with van der Waals surface area (Å²) in [6, 6.07) is 5.73. The highest BCUT2D eigenvalue weighted by Crippen LogP contribution is 2.29. The standard InChI is InChI=1S/C23H22N8O/c1-23(2,3)8-19(32)27-15-6-13(9-25-11-15)14-7-16-20(30-31-21(16)26-10-14)22-28-17-4-5-24-12-18(17)29-22/h4-7,9-12H,8H2,1-3H3,(H,27,32)(H,28,29)(H,26,30,31). The minimum absolute atomic E-state index is 0.0403. The summed E-state index contributed by atoms with van der Waals surface area (Å²) in [4.78, 5) is 33.1. The summed E-state index contributed by atoms with van der Waals surface area (Å²) in [6.07, 6.45) is 9.00. The van der Waals surface area contributed by atoms with E-state index in [1.165, 1.54) is 0 Å². The number of imidazole rings is 1. The van der Waals surface area contributed by atoms with Crippen LogP contribution in [0.4, 0.5) is 5.69 Å². The van der Waals surface area contributed by atoms with E-state index in [1.807, 2.05) is 39.0 Å². The molecule has 5 aromatic heterocycles. The van der Waals surface area contributed by atoms with Crippen molar-refractivity contribution in [2.75, 3.05) is 5.32 Å². The van der Waals surface area contributed by atoms with Crippen molar-refractivity contribution >= 4 is 33.7 Å². The third-order valence-corrected chi connectivity index (χ3v) is 4.97. The minimum atomic E-state index is -0.0888. The van der Waals surface area contributed by atoms with E-state index in [0.29, 0.717) is 29.3 Å². The van der Waals surface area contributed by atoms with Gasteiger partial charge in [0.1, 0.15) is 5.69 Å². The molecule has 160 valence electrons. The smallest absolute Gasteiger partial charge is 0.224 e. The fourth-order valence-corrected chi connectivity index (χ4v) is 3.56. The predicted octanol–water partition coefficient (Wildman–Crippen LogP) is 4.33. The molecule has 0 aromatic carbocycles. The summed E-state index contributed by atoms with van der Waals surface area (Å²) in [5.74, 6) is 0.598. The molecular weight excluding hydrogens is 404 g/mol. The zero-order valence-corrected chi connectivity index (χ0v) is 18.0. The zero-order chi connectivity index (χ0) is 22.3. The topological polar surface area (TPSA) is 125 Å². The number of rotatable bonds is 4. The number of carbonyl (C=O) groups excluding carboxylic acids is 1. The Kier molecular flexibility index (Phi) is 4.66.